The first-order chi connectivity index (χ1) is 9.84. The van der Waals surface area contributed by atoms with E-state index in [1.165, 1.54) is 19.3 Å². The number of rotatable bonds is 9. The Morgan fingerprint density at radius 3 is 2.71 bits per heavy atom. The van der Waals surface area contributed by atoms with Crippen LogP contribution in [0.5, 0.6) is 0 Å². The van der Waals surface area contributed by atoms with Crippen LogP contribution in [-0.4, -0.2) is 41.9 Å². The number of aliphatic hydroxyl groups is 1. The Kier molecular flexibility index (Phi) is 7.63. The molecule has 4 N–H and O–H groups in total. The molecule has 0 bridgehead atoms. The average Bonchev–Trinajstić information content (AvgIpc) is 2.42. The summed E-state index contributed by atoms with van der Waals surface area (Å²) in [5, 5.41) is 13.2. The summed E-state index contributed by atoms with van der Waals surface area (Å²) in [7, 11) is 0. The lowest BCUT2D eigenvalue weighted by Gasteiger charge is -2.32. The largest absolute Gasteiger partial charge is 0.389 e. The summed E-state index contributed by atoms with van der Waals surface area (Å²) in [6.07, 6.45) is 5.98. The van der Waals surface area contributed by atoms with E-state index in [0.717, 1.165) is 12.8 Å². The Morgan fingerprint density at radius 1 is 1.43 bits per heavy atom. The quantitative estimate of drug-likeness (QED) is 0.603. The normalized spacial score (nSPS) is 24.8. The van der Waals surface area contributed by atoms with Gasteiger partial charge in [-0.25, -0.2) is 0 Å². The molecular weight excluding hydrogens is 268 g/mol. The van der Waals surface area contributed by atoms with Gasteiger partial charge in [-0.05, 0) is 32.6 Å². The summed E-state index contributed by atoms with van der Waals surface area (Å²) in [6, 6.07) is 0. The molecule has 21 heavy (non-hydrogen) atoms. The summed E-state index contributed by atoms with van der Waals surface area (Å²) in [5.41, 5.74) is 4.81. The van der Waals surface area contributed by atoms with Gasteiger partial charge in [-0.2, -0.15) is 0 Å². The van der Waals surface area contributed by atoms with Crippen molar-refractivity contribution >= 4 is 5.91 Å². The summed E-state index contributed by atoms with van der Waals surface area (Å²) in [5.74, 6) is 0.288. The van der Waals surface area contributed by atoms with Crippen LogP contribution in [0.15, 0.2) is 0 Å². The average molecular weight is 300 g/mol. The molecule has 1 rings (SSSR count). The van der Waals surface area contributed by atoms with Crippen molar-refractivity contribution in [2.75, 3.05) is 13.2 Å². The van der Waals surface area contributed by atoms with E-state index in [-0.39, 0.29) is 18.4 Å². The number of carbonyl (C=O) groups excluding carboxylic acids is 1. The second kappa shape index (κ2) is 8.71. The van der Waals surface area contributed by atoms with E-state index in [4.69, 9.17) is 10.5 Å². The van der Waals surface area contributed by atoms with Crippen LogP contribution in [0, 0.1) is 5.92 Å². The summed E-state index contributed by atoms with van der Waals surface area (Å²) in [6.45, 7) is 6.76. The Hall–Kier alpha value is -0.650. The molecule has 1 aliphatic carbocycles. The molecule has 0 spiro atoms. The minimum absolute atomic E-state index is 0.251. The van der Waals surface area contributed by atoms with Crippen molar-refractivity contribution in [1.29, 1.82) is 0 Å². The summed E-state index contributed by atoms with van der Waals surface area (Å²) >= 11 is 0. The van der Waals surface area contributed by atoms with Gasteiger partial charge in [-0.3, -0.25) is 4.79 Å². The molecule has 1 aliphatic rings. The Morgan fingerprint density at radius 2 is 2.10 bits per heavy atom. The molecule has 0 heterocycles. The molecule has 3 unspecified atom stereocenters. The lowest BCUT2D eigenvalue weighted by atomic mass is 9.85. The molecule has 1 amide bonds. The zero-order chi connectivity index (χ0) is 15.9. The molecule has 5 heteroatoms. The van der Waals surface area contributed by atoms with Gasteiger partial charge < -0.3 is 20.9 Å². The Labute approximate surface area is 128 Å². The highest BCUT2D eigenvalue weighted by Crippen LogP contribution is 2.29. The van der Waals surface area contributed by atoms with Crippen LogP contribution >= 0.6 is 0 Å². The number of ether oxygens (including phenoxy) is 1. The predicted molar refractivity (Wildman–Crippen MR) is 83.9 cm³/mol. The van der Waals surface area contributed by atoms with Crippen molar-refractivity contribution in [2.24, 2.45) is 11.7 Å². The first kappa shape index (κ1) is 18.4. The number of hydrogen-bond acceptors (Lipinski definition) is 4. The van der Waals surface area contributed by atoms with Gasteiger partial charge in [-0.1, -0.05) is 26.2 Å². The maximum absolute atomic E-state index is 11.0. The number of amides is 1. The molecule has 0 aromatic heterocycles. The van der Waals surface area contributed by atoms with Crippen LogP contribution in [-0.2, 0) is 9.53 Å². The van der Waals surface area contributed by atoms with Gasteiger partial charge in [0.1, 0.15) is 0 Å². The molecule has 0 aromatic rings. The zero-order valence-electron chi connectivity index (χ0n) is 13.7. The maximum atomic E-state index is 11.0. The third-order valence-corrected chi connectivity index (χ3v) is 4.30. The van der Waals surface area contributed by atoms with Gasteiger partial charge in [0.2, 0.25) is 5.91 Å². The SMILES string of the molecule is CCC1CCCCC1OCC(O)CNC(C)(C)CC(N)=O. The van der Waals surface area contributed by atoms with Crippen molar-refractivity contribution in [3.8, 4) is 0 Å². The van der Waals surface area contributed by atoms with Gasteiger partial charge in [-0.15, -0.1) is 0 Å². The van der Waals surface area contributed by atoms with Crippen LogP contribution < -0.4 is 11.1 Å². The van der Waals surface area contributed by atoms with Crippen LogP contribution in [0.3, 0.4) is 0 Å². The fourth-order valence-corrected chi connectivity index (χ4v) is 3.05. The minimum atomic E-state index is -0.559. The van der Waals surface area contributed by atoms with Crippen molar-refractivity contribution in [1.82, 2.24) is 5.32 Å². The highest BCUT2D eigenvalue weighted by atomic mass is 16.5. The van der Waals surface area contributed by atoms with E-state index in [9.17, 15) is 9.90 Å². The summed E-state index contributed by atoms with van der Waals surface area (Å²) < 4.78 is 5.91. The molecule has 1 saturated carbocycles. The molecule has 0 aliphatic heterocycles. The molecule has 0 radical (unpaired) electrons. The molecule has 124 valence electrons. The van der Waals surface area contributed by atoms with Gasteiger partial charge >= 0.3 is 0 Å². The second-order valence-corrected chi connectivity index (χ2v) is 6.89. The Balaban J connectivity index is 2.27. The maximum Gasteiger partial charge on any atom is 0.219 e. The molecule has 5 nitrogen and oxygen atoms in total. The number of carbonyl (C=O) groups is 1. The lowest BCUT2D eigenvalue weighted by molar-refractivity contribution is -0.119. The number of primary amides is 1. The topological polar surface area (TPSA) is 84.6 Å². The van der Waals surface area contributed by atoms with E-state index in [1.807, 2.05) is 13.8 Å². The highest BCUT2D eigenvalue weighted by molar-refractivity contribution is 5.74. The van der Waals surface area contributed by atoms with Gasteiger partial charge in [0.25, 0.3) is 0 Å². The fraction of sp³-hybridized carbons (Fsp3) is 0.938. The third-order valence-electron chi connectivity index (χ3n) is 4.30. The number of nitrogens with one attached hydrogen (secondary N) is 1. The van der Waals surface area contributed by atoms with Crippen molar-refractivity contribution in [3.63, 3.8) is 0 Å². The van der Waals surface area contributed by atoms with E-state index in [2.05, 4.69) is 12.2 Å². The Bertz CT molecular complexity index is 321. The smallest absolute Gasteiger partial charge is 0.219 e. The van der Waals surface area contributed by atoms with Crippen LogP contribution in [0.25, 0.3) is 0 Å². The van der Waals surface area contributed by atoms with E-state index in [0.29, 0.717) is 19.1 Å². The highest BCUT2D eigenvalue weighted by Gasteiger charge is 2.25. The van der Waals surface area contributed by atoms with Crippen molar-refractivity contribution in [3.05, 3.63) is 0 Å². The first-order valence-electron chi connectivity index (χ1n) is 8.17. The molecule has 1 fully saturated rings. The molecular formula is C16H32N2O3. The predicted octanol–water partition coefficient (Wildman–Crippen LogP) is 1.58. The van der Waals surface area contributed by atoms with Crippen LogP contribution in [0.2, 0.25) is 0 Å². The lowest BCUT2D eigenvalue weighted by Crippen LogP contribution is -2.47. The zero-order valence-corrected chi connectivity index (χ0v) is 13.7. The first-order valence-corrected chi connectivity index (χ1v) is 8.17. The fourth-order valence-electron chi connectivity index (χ4n) is 3.05. The van der Waals surface area contributed by atoms with E-state index in [1.54, 1.807) is 0 Å². The van der Waals surface area contributed by atoms with Crippen molar-refractivity contribution < 1.29 is 14.6 Å². The van der Waals surface area contributed by atoms with E-state index < -0.39 is 11.6 Å². The molecule has 0 aromatic carbocycles. The molecule has 0 saturated heterocycles. The number of nitrogens with two attached hydrogens (primary N) is 1. The number of hydrogen-bond donors (Lipinski definition) is 3. The molecule has 3 atom stereocenters. The number of β-amino-alcohol motifs (C(OH)–C–C–N with tert-alkyl or cyclic N) is 1. The van der Waals surface area contributed by atoms with Crippen LogP contribution in [0.4, 0.5) is 0 Å². The standard InChI is InChI=1S/C16H32N2O3/c1-4-12-7-5-6-8-14(12)21-11-13(19)10-18-16(2,3)9-15(17)20/h12-14,18-19H,4-11H2,1-3H3,(H2,17,20). The van der Waals surface area contributed by atoms with Gasteiger partial charge in [0, 0.05) is 18.5 Å². The van der Waals surface area contributed by atoms with Crippen LogP contribution in [0.1, 0.15) is 59.3 Å². The number of aliphatic hydroxyl groups excluding tert-OH is 1. The van der Waals surface area contributed by atoms with Gasteiger partial charge in [0.15, 0.2) is 0 Å². The second-order valence-electron chi connectivity index (χ2n) is 6.89. The van der Waals surface area contributed by atoms with Crippen molar-refractivity contribution in [2.45, 2.75) is 77.0 Å². The summed E-state index contributed by atoms with van der Waals surface area (Å²) in [4.78, 5) is 11.0. The third kappa shape index (κ3) is 7.25. The van der Waals surface area contributed by atoms with Gasteiger partial charge in [0.05, 0.1) is 18.8 Å². The minimum Gasteiger partial charge on any atom is -0.389 e. The van der Waals surface area contributed by atoms with E-state index >= 15 is 0 Å². The monoisotopic (exact) mass is 300 g/mol.